The summed E-state index contributed by atoms with van der Waals surface area (Å²) in [6.07, 6.45) is 0.923. The molecule has 0 fully saturated rings. The molecule has 1 atom stereocenters. The third-order valence-corrected chi connectivity index (χ3v) is 2.90. The van der Waals surface area contributed by atoms with Crippen molar-refractivity contribution in [2.75, 3.05) is 0 Å². The van der Waals surface area contributed by atoms with Crippen molar-refractivity contribution in [3.05, 3.63) is 40.9 Å². The van der Waals surface area contributed by atoms with Gasteiger partial charge in [-0.1, -0.05) is 17.7 Å². The van der Waals surface area contributed by atoms with Gasteiger partial charge in [-0.05, 0) is 24.6 Å². The van der Waals surface area contributed by atoms with E-state index in [-0.39, 0.29) is 0 Å². The van der Waals surface area contributed by atoms with E-state index in [1.807, 2.05) is 0 Å². The SMILES string of the molecule is CC(O)c1ccc(OCc2ncnn2C)c(Cl)c1. The molecular weight excluding hydrogens is 254 g/mol. The molecule has 0 bridgehead atoms. The zero-order valence-corrected chi connectivity index (χ0v) is 10.9. The van der Waals surface area contributed by atoms with Gasteiger partial charge < -0.3 is 9.84 Å². The Labute approximate surface area is 110 Å². The van der Waals surface area contributed by atoms with E-state index in [0.717, 1.165) is 5.56 Å². The third kappa shape index (κ3) is 2.80. The number of benzene rings is 1. The highest BCUT2D eigenvalue weighted by atomic mass is 35.5. The average Bonchev–Trinajstić information content (AvgIpc) is 2.73. The van der Waals surface area contributed by atoms with Gasteiger partial charge in [-0.2, -0.15) is 5.10 Å². The van der Waals surface area contributed by atoms with Crippen molar-refractivity contribution >= 4 is 11.6 Å². The maximum atomic E-state index is 9.43. The first-order valence-electron chi connectivity index (χ1n) is 5.51. The number of aliphatic hydroxyl groups excluding tert-OH is 1. The summed E-state index contributed by atoms with van der Waals surface area (Å²) in [5, 5.41) is 13.9. The topological polar surface area (TPSA) is 60.2 Å². The minimum Gasteiger partial charge on any atom is -0.484 e. The molecule has 0 saturated carbocycles. The summed E-state index contributed by atoms with van der Waals surface area (Å²) in [4.78, 5) is 4.05. The summed E-state index contributed by atoms with van der Waals surface area (Å²) in [5.41, 5.74) is 0.756. The summed E-state index contributed by atoms with van der Waals surface area (Å²) in [5.74, 6) is 1.27. The molecule has 1 aromatic heterocycles. The van der Waals surface area contributed by atoms with Crippen molar-refractivity contribution in [2.45, 2.75) is 19.6 Å². The van der Waals surface area contributed by atoms with Crippen LogP contribution in [-0.4, -0.2) is 19.9 Å². The van der Waals surface area contributed by atoms with E-state index in [9.17, 15) is 5.11 Å². The molecule has 0 amide bonds. The Hall–Kier alpha value is -1.59. The van der Waals surface area contributed by atoms with Gasteiger partial charge in [-0.25, -0.2) is 4.98 Å². The second kappa shape index (κ2) is 5.37. The van der Waals surface area contributed by atoms with Crippen LogP contribution in [0.1, 0.15) is 24.4 Å². The first-order chi connectivity index (χ1) is 8.58. The van der Waals surface area contributed by atoms with Gasteiger partial charge in [-0.3, -0.25) is 4.68 Å². The van der Waals surface area contributed by atoms with E-state index in [1.54, 1.807) is 36.9 Å². The summed E-state index contributed by atoms with van der Waals surface area (Å²) in [7, 11) is 1.80. The highest BCUT2D eigenvalue weighted by Crippen LogP contribution is 2.28. The Morgan fingerprint density at radius 2 is 2.28 bits per heavy atom. The largest absolute Gasteiger partial charge is 0.484 e. The average molecular weight is 268 g/mol. The van der Waals surface area contributed by atoms with Crippen molar-refractivity contribution in [1.29, 1.82) is 0 Å². The molecule has 1 unspecified atom stereocenters. The molecule has 1 aromatic carbocycles. The van der Waals surface area contributed by atoms with Crippen molar-refractivity contribution in [3.63, 3.8) is 0 Å². The third-order valence-electron chi connectivity index (χ3n) is 2.60. The van der Waals surface area contributed by atoms with E-state index >= 15 is 0 Å². The number of aliphatic hydroxyl groups is 1. The predicted octanol–water partition coefficient (Wildman–Crippen LogP) is 2.10. The van der Waals surface area contributed by atoms with Gasteiger partial charge in [0, 0.05) is 7.05 Å². The highest BCUT2D eigenvalue weighted by Gasteiger charge is 2.08. The van der Waals surface area contributed by atoms with Crippen LogP contribution in [0.5, 0.6) is 5.75 Å². The Kier molecular flexibility index (Phi) is 3.84. The van der Waals surface area contributed by atoms with Crippen LogP contribution < -0.4 is 4.74 Å². The van der Waals surface area contributed by atoms with Crippen LogP contribution in [0.2, 0.25) is 5.02 Å². The molecule has 2 aromatic rings. The molecule has 96 valence electrons. The summed E-state index contributed by atoms with van der Waals surface area (Å²) in [6, 6.07) is 5.21. The number of hydrogen-bond acceptors (Lipinski definition) is 4. The van der Waals surface area contributed by atoms with Crippen LogP contribution >= 0.6 is 11.6 Å². The summed E-state index contributed by atoms with van der Waals surface area (Å²) < 4.78 is 7.20. The van der Waals surface area contributed by atoms with Crippen molar-refractivity contribution in [1.82, 2.24) is 14.8 Å². The van der Waals surface area contributed by atoms with Crippen LogP contribution in [-0.2, 0) is 13.7 Å². The van der Waals surface area contributed by atoms with Gasteiger partial charge in [0.1, 0.15) is 18.7 Å². The van der Waals surface area contributed by atoms with E-state index in [0.29, 0.717) is 23.2 Å². The van der Waals surface area contributed by atoms with Crippen LogP contribution in [0.3, 0.4) is 0 Å². The fourth-order valence-electron chi connectivity index (χ4n) is 1.49. The predicted molar refractivity (Wildman–Crippen MR) is 67.4 cm³/mol. The molecule has 1 heterocycles. The zero-order valence-electron chi connectivity index (χ0n) is 10.2. The smallest absolute Gasteiger partial charge is 0.164 e. The summed E-state index contributed by atoms with van der Waals surface area (Å²) in [6.45, 7) is 1.98. The van der Waals surface area contributed by atoms with E-state index < -0.39 is 6.10 Å². The molecule has 0 radical (unpaired) electrons. The number of nitrogens with zero attached hydrogens (tertiary/aromatic N) is 3. The molecular formula is C12H14ClN3O2. The molecule has 5 nitrogen and oxygen atoms in total. The Bertz CT molecular complexity index is 540. The minimum atomic E-state index is -0.546. The highest BCUT2D eigenvalue weighted by molar-refractivity contribution is 6.32. The van der Waals surface area contributed by atoms with Gasteiger partial charge in [-0.15, -0.1) is 0 Å². The number of rotatable bonds is 4. The normalized spacial score (nSPS) is 12.4. The van der Waals surface area contributed by atoms with Gasteiger partial charge in [0.05, 0.1) is 11.1 Å². The van der Waals surface area contributed by atoms with Crippen molar-refractivity contribution in [3.8, 4) is 5.75 Å². The Balaban J connectivity index is 2.08. The molecule has 1 N–H and O–H groups in total. The molecule has 0 aliphatic heterocycles. The quantitative estimate of drug-likeness (QED) is 0.922. The van der Waals surface area contributed by atoms with Crippen LogP contribution in [0.25, 0.3) is 0 Å². The van der Waals surface area contributed by atoms with Gasteiger partial charge >= 0.3 is 0 Å². The lowest BCUT2D eigenvalue weighted by Gasteiger charge is -2.10. The van der Waals surface area contributed by atoms with Crippen LogP contribution in [0.15, 0.2) is 24.5 Å². The van der Waals surface area contributed by atoms with Crippen LogP contribution in [0.4, 0.5) is 0 Å². The van der Waals surface area contributed by atoms with Crippen molar-refractivity contribution in [2.24, 2.45) is 7.05 Å². The lowest BCUT2D eigenvalue weighted by molar-refractivity contribution is 0.199. The fourth-order valence-corrected chi connectivity index (χ4v) is 1.73. The monoisotopic (exact) mass is 267 g/mol. The number of hydrogen-bond donors (Lipinski definition) is 1. The molecule has 18 heavy (non-hydrogen) atoms. The number of ether oxygens (including phenoxy) is 1. The van der Waals surface area contributed by atoms with E-state index in [1.165, 1.54) is 6.33 Å². The molecule has 0 aliphatic carbocycles. The van der Waals surface area contributed by atoms with Gasteiger partial charge in [0.15, 0.2) is 5.82 Å². The maximum absolute atomic E-state index is 9.43. The second-order valence-electron chi connectivity index (χ2n) is 3.95. The van der Waals surface area contributed by atoms with Gasteiger partial charge in [0.25, 0.3) is 0 Å². The van der Waals surface area contributed by atoms with Crippen molar-refractivity contribution < 1.29 is 9.84 Å². The van der Waals surface area contributed by atoms with E-state index in [4.69, 9.17) is 16.3 Å². The fraction of sp³-hybridized carbons (Fsp3) is 0.333. The molecule has 2 rings (SSSR count). The number of aromatic nitrogens is 3. The van der Waals surface area contributed by atoms with Gasteiger partial charge in [0.2, 0.25) is 0 Å². The number of aryl methyl sites for hydroxylation is 1. The van der Waals surface area contributed by atoms with Crippen LogP contribution in [0, 0.1) is 0 Å². The maximum Gasteiger partial charge on any atom is 0.164 e. The van der Waals surface area contributed by atoms with E-state index in [2.05, 4.69) is 10.1 Å². The lowest BCUT2D eigenvalue weighted by atomic mass is 10.1. The number of halogens is 1. The minimum absolute atomic E-state index is 0.296. The Morgan fingerprint density at radius 1 is 1.50 bits per heavy atom. The molecule has 0 aliphatic rings. The molecule has 0 saturated heterocycles. The first kappa shape index (κ1) is 12.9. The zero-order chi connectivity index (χ0) is 13.1. The Morgan fingerprint density at radius 3 is 2.83 bits per heavy atom. The molecule has 6 heteroatoms. The second-order valence-corrected chi connectivity index (χ2v) is 4.36. The lowest BCUT2D eigenvalue weighted by Crippen LogP contribution is -2.04. The molecule has 0 spiro atoms. The summed E-state index contributed by atoms with van der Waals surface area (Å²) >= 11 is 6.07. The first-order valence-corrected chi connectivity index (χ1v) is 5.89. The standard InChI is InChI=1S/C12H14ClN3O2/c1-8(17)9-3-4-11(10(13)5-9)18-6-12-14-7-15-16(12)2/h3-5,7-8,17H,6H2,1-2H3.